The largest absolute Gasteiger partial charge is 0.425 e. The van der Waals surface area contributed by atoms with Crippen molar-refractivity contribution >= 4 is 22.6 Å². The number of benzene rings is 2. The highest BCUT2D eigenvalue weighted by Crippen LogP contribution is 2.25. The van der Waals surface area contributed by atoms with E-state index in [0.717, 1.165) is 16.6 Å². The van der Waals surface area contributed by atoms with Gasteiger partial charge in [0.15, 0.2) is 6.19 Å². The summed E-state index contributed by atoms with van der Waals surface area (Å²) in [5, 5.41) is 12.3. The molecule has 0 amide bonds. The maximum atomic E-state index is 8.84. The number of hydrogen-bond acceptors (Lipinski definition) is 3. The lowest BCUT2D eigenvalue weighted by molar-refractivity contribution is 0.531. The Balaban J connectivity index is 1.97. The molecule has 3 rings (SSSR count). The lowest BCUT2D eigenvalue weighted by Crippen LogP contribution is -2.23. The van der Waals surface area contributed by atoms with Gasteiger partial charge in [-0.3, -0.25) is 0 Å². The van der Waals surface area contributed by atoms with E-state index >= 15 is 0 Å². The van der Waals surface area contributed by atoms with Gasteiger partial charge in [0, 0.05) is 17.1 Å². The predicted octanol–water partition coefficient (Wildman–Crippen LogP) is 3.31. The molecule has 21 heavy (non-hydrogen) atoms. The Morgan fingerprint density at radius 1 is 1.10 bits per heavy atom. The van der Waals surface area contributed by atoms with Crippen molar-refractivity contribution < 1.29 is 4.74 Å². The first-order chi connectivity index (χ1) is 10.4. The highest BCUT2D eigenvalue weighted by atomic mass is 16.5. The van der Waals surface area contributed by atoms with E-state index < -0.39 is 0 Å². The second kappa shape index (κ2) is 5.80. The van der Waals surface area contributed by atoms with E-state index in [9.17, 15) is 0 Å². The van der Waals surface area contributed by atoms with Gasteiger partial charge in [-0.2, -0.15) is 10.3 Å². The third kappa shape index (κ3) is 2.85. The lowest BCUT2D eigenvalue weighted by atomic mass is 10.2. The number of aliphatic imine (C=N–C) groups is 1. The first-order valence-corrected chi connectivity index (χ1v) is 6.39. The maximum Gasteiger partial charge on any atom is 0.309 e. The number of fused-ring (bicyclic) bond motifs is 1. The molecule has 0 unspecified atom stereocenters. The summed E-state index contributed by atoms with van der Waals surface area (Å²) in [4.78, 5) is 7.50. The smallest absolute Gasteiger partial charge is 0.309 e. The Bertz CT molecular complexity index is 815. The Labute approximate surface area is 121 Å². The molecule has 5 nitrogen and oxygen atoms in total. The zero-order valence-electron chi connectivity index (χ0n) is 11.1. The predicted molar refractivity (Wildman–Crippen MR) is 81.2 cm³/mol. The van der Waals surface area contributed by atoms with Gasteiger partial charge in [-0.25, -0.2) is 5.32 Å². The van der Waals surface area contributed by atoms with Crippen LogP contribution in [-0.4, -0.2) is 11.0 Å². The van der Waals surface area contributed by atoms with Gasteiger partial charge >= 0.3 is 6.02 Å². The van der Waals surface area contributed by atoms with Crippen LogP contribution >= 0.6 is 0 Å². The molecule has 0 spiro atoms. The van der Waals surface area contributed by atoms with Gasteiger partial charge < -0.3 is 9.72 Å². The molecule has 2 aromatic carbocycles. The van der Waals surface area contributed by atoms with Crippen molar-refractivity contribution in [1.82, 2.24) is 10.3 Å². The van der Waals surface area contributed by atoms with Gasteiger partial charge in [0.2, 0.25) is 0 Å². The van der Waals surface area contributed by atoms with Crippen LogP contribution in [0.15, 0.2) is 65.8 Å². The van der Waals surface area contributed by atoms with E-state index in [2.05, 4.69) is 15.3 Å². The third-order valence-corrected chi connectivity index (χ3v) is 2.91. The van der Waals surface area contributed by atoms with E-state index in [1.807, 2.05) is 54.9 Å². The van der Waals surface area contributed by atoms with Crippen molar-refractivity contribution in [2.45, 2.75) is 0 Å². The summed E-state index contributed by atoms with van der Waals surface area (Å²) in [5.74, 6) is 0.611. The summed E-state index contributed by atoms with van der Waals surface area (Å²) in [6, 6.07) is 17.0. The fourth-order valence-corrected chi connectivity index (χ4v) is 2.00. The Kier molecular flexibility index (Phi) is 3.52. The van der Waals surface area contributed by atoms with Crippen LogP contribution in [-0.2, 0) is 0 Å². The minimum Gasteiger partial charge on any atom is -0.425 e. The Morgan fingerprint density at radius 3 is 2.76 bits per heavy atom. The number of rotatable bonds is 2. The van der Waals surface area contributed by atoms with Gasteiger partial charge in [-0.05, 0) is 30.3 Å². The third-order valence-electron chi connectivity index (χ3n) is 2.91. The second-order valence-corrected chi connectivity index (χ2v) is 4.28. The van der Waals surface area contributed by atoms with Crippen LogP contribution in [0.2, 0.25) is 0 Å². The molecule has 0 aliphatic rings. The molecule has 1 heterocycles. The van der Waals surface area contributed by atoms with Crippen molar-refractivity contribution in [2.75, 3.05) is 0 Å². The first-order valence-electron chi connectivity index (χ1n) is 6.39. The minimum absolute atomic E-state index is 0.136. The summed E-state index contributed by atoms with van der Waals surface area (Å²) in [7, 11) is 0. The molecule has 0 saturated carbocycles. The zero-order chi connectivity index (χ0) is 14.5. The molecule has 5 heteroatoms. The number of aromatic amines is 1. The number of ether oxygens (including phenoxy) is 1. The van der Waals surface area contributed by atoms with Crippen LogP contribution in [0.1, 0.15) is 0 Å². The fraction of sp³-hybridized carbons (Fsp3) is 0. The van der Waals surface area contributed by atoms with Crippen LogP contribution in [0, 0.1) is 11.5 Å². The van der Waals surface area contributed by atoms with Gasteiger partial charge in [-0.1, -0.05) is 24.3 Å². The van der Waals surface area contributed by atoms with Crippen molar-refractivity contribution in [3.05, 3.63) is 60.8 Å². The number of nitrogens with one attached hydrogen (secondary N) is 2. The summed E-state index contributed by atoms with van der Waals surface area (Å²) < 4.78 is 5.59. The Morgan fingerprint density at radius 2 is 1.95 bits per heavy atom. The van der Waals surface area contributed by atoms with Gasteiger partial charge in [0.1, 0.15) is 5.75 Å². The SMILES string of the molecule is N#CNC(=Nc1cccc2[nH]ccc12)Oc1ccccc1. The quantitative estimate of drug-likeness (QED) is 0.326. The standard InChI is InChI=1S/C16H12N4O/c17-11-19-16(21-12-5-2-1-3-6-12)20-15-8-4-7-14-13(15)9-10-18-14/h1-10,18H,(H,19,20). The Hall–Kier alpha value is -3.26. The molecule has 3 aromatic rings. The van der Waals surface area contributed by atoms with Gasteiger partial charge in [0.05, 0.1) is 5.69 Å². The number of para-hydroxylation sites is 1. The molecule has 0 saturated heterocycles. The number of hydrogen-bond donors (Lipinski definition) is 2. The lowest BCUT2D eigenvalue weighted by Gasteiger charge is -2.06. The highest BCUT2D eigenvalue weighted by Gasteiger charge is 2.05. The number of nitrogens with zero attached hydrogens (tertiary/aromatic N) is 2. The fourth-order valence-electron chi connectivity index (χ4n) is 2.00. The van der Waals surface area contributed by atoms with Crippen LogP contribution in [0.5, 0.6) is 5.75 Å². The minimum atomic E-state index is 0.136. The normalized spacial score (nSPS) is 11.1. The van der Waals surface area contributed by atoms with Crippen molar-refractivity contribution in [3.63, 3.8) is 0 Å². The molecule has 0 aliphatic heterocycles. The average molecular weight is 276 g/mol. The van der Waals surface area contributed by atoms with Crippen LogP contribution < -0.4 is 10.1 Å². The van der Waals surface area contributed by atoms with E-state index in [1.165, 1.54) is 0 Å². The number of nitriles is 1. The maximum absolute atomic E-state index is 8.84. The monoisotopic (exact) mass is 276 g/mol. The molecule has 1 aromatic heterocycles. The molecule has 0 atom stereocenters. The van der Waals surface area contributed by atoms with E-state index in [-0.39, 0.29) is 6.02 Å². The summed E-state index contributed by atoms with van der Waals surface area (Å²) in [6.07, 6.45) is 3.68. The van der Waals surface area contributed by atoms with E-state index in [4.69, 9.17) is 10.00 Å². The molecule has 0 aliphatic carbocycles. The van der Waals surface area contributed by atoms with Crippen LogP contribution in [0.4, 0.5) is 5.69 Å². The first kappa shape index (κ1) is 12.8. The van der Waals surface area contributed by atoms with Crippen molar-refractivity contribution in [2.24, 2.45) is 4.99 Å². The highest BCUT2D eigenvalue weighted by molar-refractivity contribution is 5.93. The molecular formula is C16H12N4O. The molecule has 2 N–H and O–H groups in total. The number of amidine groups is 1. The molecule has 0 fully saturated rings. The topological polar surface area (TPSA) is 73.2 Å². The summed E-state index contributed by atoms with van der Waals surface area (Å²) in [5.41, 5.74) is 1.70. The molecule has 0 radical (unpaired) electrons. The van der Waals surface area contributed by atoms with Crippen molar-refractivity contribution in [3.8, 4) is 11.9 Å². The van der Waals surface area contributed by atoms with Gasteiger partial charge in [0.25, 0.3) is 0 Å². The molecule has 0 bridgehead atoms. The number of aromatic nitrogens is 1. The number of H-pyrrole nitrogens is 1. The van der Waals surface area contributed by atoms with E-state index in [0.29, 0.717) is 5.75 Å². The zero-order valence-corrected chi connectivity index (χ0v) is 11.1. The van der Waals surface area contributed by atoms with Gasteiger partial charge in [-0.15, -0.1) is 0 Å². The average Bonchev–Trinajstić information content (AvgIpc) is 2.98. The second-order valence-electron chi connectivity index (χ2n) is 4.28. The molecular weight excluding hydrogens is 264 g/mol. The summed E-state index contributed by atoms with van der Waals surface area (Å²) >= 11 is 0. The van der Waals surface area contributed by atoms with Crippen molar-refractivity contribution in [1.29, 1.82) is 5.26 Å². The van der Waals surface area contributed by atoms with Crippen LogP contribution in [0.25, 0.3) is 10.9 Å². The summed E-state index contributed by atoms with van der Waals surface area (Å²) in [6.45, 7) is 0. The molecule has 102 valence electrons. The van der Waals surface area contributed by atoms with Crippen LogP contribution in [0.3, 0.4) is 0 Å². The van der Waals surface area contributed by atoms with E-state index in [1.54, 1.807) is 12.1 Å².